The summed E-state index contributed by atoms with van der Waals surface area (Å²) in [6.07, 6.45) is 0. The van der Waals surface area contributed by atoms with E-state index in [0.29, 0.717) is 11.8 Å². The molecule has 2 aromatic carbocycles. The van der Waals surface area contributed by atoms with Gasteiger partial charge in [-0.25, -0.2) is 0 Å². The Morgan fingerprint density at radius 2 is 1.72 bits per heavy atom. The standard InChI is InChI=1S/C28H34N2O2/c1-20(2)30(28(31)23-11-6-5-7-12-23)17-24-16-29(18-25-15-14-22(4)32-25)19-27(24)26-13-9-8-10-21(26)3/h5-15,20,24,27H,16-19H2,1-4H3/t24-,27+/m0/s1. The van der Waals surface area contributed by atoms with Crippen LogP contribution in [0.4, 0.5) is 0 Å². The Morgan fingerprint density at radius 1 is 1.00 bits per heavy atom. The second-order valence-corrected chi connectivity index (χ2v) is 9.35. The third kappa shape index (κ3) is 4.97. The largest absolute Gasteiger partial charge is 0.465 e. The maximum Gasteiger partial charge on any atom is 0.254 e. The molecule has 4 rings (SSSR count). The zero-order valence-electron chi connectivity index (χ0n) is 19.6. The maximum absolute atomic E-state index is 13.4. The Kier molecular flexibility index (Phi) is 6.80. The summed E-state index contributed by atoms with van der Waals surface area (Å²) in [5.41, 5.74) is 3.48. The van der Waals surface area contributed by atoms with Crippen LogP contribution in [-0.2, 0) is 6.54 Å². The average Bonchev–Trinajstić information content (AvgIpc) is 3.38. The van der Waals surface area contributed by atoms with Gasteiger partial charge < -0.3 is 9.32 Å². The summed E-state index contributed by atoms with van der Waals surface area (Å²) in [5, 5.41) is 0. The third-order valence-electron chi connectivity index (χ3n) is 6.62. The highest BCUT2D eigenvalue weighted by molar-refractivity contribution is 5.94. The molecule has 0 radical (unpaired) electrons. The smallest absolute Gasteiger partial charge is 0.254 e. The van der Waals surface area contributed by atoms with E-state index in [0.717, 1.165) is 43.3 Å². The van der Waals surface area contributed by atoms with Crippen LogP contribution in [0.2, 0.25) is 0 Å². The van der Waals surface area contributed by atoms with Gasteiger partial charge in [0.1, 0.15) is 11.5 Å². The van der Waals surface area contributed by atoms with Gasteiger partial charge in [-0.15, -0.1) is 0 Å². The van der Waals surface area contributed by atoms with Crippen LogP contribution < -0.4 is 0 Å². The summed E-state index contributed by atoms with van der Waals surface area (Å²) < 4.78 is 5.85. The topological polar surface area (TPSA) is 36.7 Å². The van der Waals surface area contributed by atoms with Gasteiger partial charge >= 0.3 is 0 Å². The molecule has 1 saturated heterocycles. The molecule has 168 valence electrons. The van der Waals surface area contributed by atoms with E-state index in [1.807, 2.05) is 48.2 Å². The Hall–Kier alpha value is -2.85. The number of furan rings is 1. The molecule has 0 aliphatic carbocycles. The lowest BCUT2D eigenvalue weighted by Gasteiger charge is -2.32. The zero-order chi connectivity index (χ0) is 22.7. The van der Waals surface area contributed by atoms with E-state index in [1.54, 1.807) is 0 Å². The molecular formula is C28H34N2O2. The zero-order valence-corrected chi connectivity index (χ0v) is 19.6. The third-order valence-corrected chi connectivity index (χ3v) is 6.62. The molecule has 1 aliphatic heterocycles. The molecule has 4 heteroatoms. The first-order chi connectivity index (χ1) is 15.4. The second-order valence-electron chi connectivity index (χ2n) is 9.35. The van der Waals surface area contributed by atoms with E-state index in [-0.39, 0.29) is 11.9 Å². The van der Waals surface area contributed by atoms with Crippen molar-refractivity contribution in [1.29, 1.82) is 0 Å². The molecule has 1 fully saturated rings. The number of carbonyl (C=O) groups is 1. The van der Waals surface area contributed by atoms with E-state index >= 15 is 0 Å². The summed E-state index contributed by atoms with van der Waals surface area (Å²) in [4.78, 5) is 17.9. The lowest BCUT2D eigenvalue weighted by Crippen LogP contribution is -2.42. The number of nitrogens with zero attached hydrogens (tertiary/aromatic N) is 2. The molecule has 0 unspecified atom stereocenters. The van der Waals surface area contributed by atoms with Gasteiger partial charge in [-0.2, -0.15) is 0 Å². The number of benzene rings is 2. The first kappa shape index (κ1) is 22.3. The Morgan fingerprint density at radius 3 is 2.38 bits per heavy atom. The predicted octanol–water partition coefficient (Wildman–Crippen LogP) is 5.66. The van der Waals surface area contributed by atoms with Crippen LogP contribution in [0.5, 0.6) is 0 Å². The van der Waals surface area contributed by atoms with Gasteiger partial charge in [0, 0.05) is 37.2 Å². The number of carbonyl (C=O) groups excluding carboxylic acids is 1. The van der Waals surface area contributed by atoms with Crippen molar-refractivity contribution in [2.24, 2.45) is 5.92 Å². The van der Waals surface area contributed by atoms with Crippen molar-refractivity contribution < 1.29 is 9.21 Å². The maximum atomic E-state index is 13.4. The molecule has 1 aliphatic rings. The molecule has 1 amide bonds. The Labute approximate surface area is 191 Å². The summed E-state index contributed by atoms with van der Waals surface area (Å²) in [5.74, 6) is 2.82. The molecule has 32 heavy (non-hydrogen) atoms. The fraction of sp³-hybridized carbons (Fsp3) is 0.393. The predicted molar refractivity (Wildman–Crippen MR) is 129 cm³/mol. The molecule has 0 bridgehead atoms. The van der Waals surface area contributed by atoms with E-state index in [1.165, 1.54) is 11.1 Å². The van der Waals surface area contributed by atoms with Crippen LogP contribution in [0, 0.1) is 19.8 Å². The highest BCUT2D eigenvalue weighted by Gasteiger charge is 2.37. The normalized spacial score (nSPS) is 18.9. The lowest BCUT2D eigenvalue weighted by molar-refractivity contribution is 0.0668. The van der Waals surface area contributed by atoms with Gasteiger partial charge in [-0.1, -0.05) is 42.5 Å². The minimum Gasteiger partial charge on any atom is -0.465 e. The summed E-state index contributed by atoms with van der Waals surface area (Å²) in [6.45, 7) is 11.9. The molecule has 2 atom stereocenters. The minimum absolute atomic E-state index is 0.115. The number of amides is 1. The lowest BCUT2D eigenvalue weighted by atomic mass is 9.86. The van der Waals surface area contributed by atoms with Gasteiger partial charge in [0.05, 0.1) is 6.54 Å². The fourth-order valence-corrected chi connectivity index (χ4v) is 4.95. The number of rotatable bonds is 7. The van der Waals surface area contributed by atoms with Crippen LogP contribution in [-0.4, -0.2) is 41.4 Å². The molecule has 2 heterocycles. The summed E-state index contributed by atoms with van der Waals surface area (Å²) in [7, 11) is 0. The Balaban J connectivity index is 1.59. The highest BCUT2D eigenvalue weighted by atomic mass is 16.3. The van der Waals surface area contributed by atoms with Gasteiger partial charge in [-0.3, -0.25) is 9.69 Å². The number of hydrogen-bond donors (Lipinski definition) is 0. The van der Waals surface area contributed by atoms with Crippen molar-refractivity contribution >= 4 is 5.91 Å². The van der Waals surface area contributed by atoms with Gasteiger partial charge in [0.25, 0.3) is 5.91 Å². The molecule has 0 N–H and O–H groups in total. The molecule has 4 nitrogen and oxygen atoms in total. The van der Waals surface area contributed by atoms with Gasteiger partial charge in [0.2, 0.25) is 0 Å². The molecular weight excluding hydrogens is 396 g/mol. The first-order valence-corrected chi connectivity index (χ1v) is 11.6. The van der Waals surface area contributed by atoms with Crippen molar-refractivity contribution in [2.45, 2.75) is 46.2 Å². The van der Waals surface area contributed by atoms with E-state index in [2.05, 4.69) is 56.0 Å². The SMILES string of the molecule is Cc1ccc(CN2C[C@@H](CN(C(=O)c3ccccc3)C(C)C)[C@H](c3ccccc3C)C2)o1. The van der Waals surface area contributed by atoms with Gasteiger partial charge in [0.15, 0.2) is 0 Å². The van der Waals surface area contributed by atoms with E-state index < -0.39 is 0 Å². The molecule has 1 aromatic heterocycles. The van der Waals surface area contributed by atoms with Crippen LogP contribution in [0.1, 0.15) is 52.8 Å². The second kappa shape index (κ2) is 9.74. The van der Waals surface area contributed by atoms with Crippen LogP contribution in [0.3, 0.4) is 0 Å². The minimum atomic E-state index is 0.115. The van der Waals surface area contributed by atoms with Gasteiger partial charge in [-0.05, 0) is 69.0 Å². The van der Waals surface area contributed by atoms with Crippen LogP contribution >= 0.6 is 0 Å². The van der Waals surface area contributed by atoms with Crippen LogP contribution in [0.25, 0.3) is 0 Å². The number of likely N-dealkylation sites (tertiary alicyclic amines) is 1. The summed E-state index contributed by atoms with van der Waals surface area (Å²) >= 11 is 0. The average molecular weight is 431 g/mol. The number of aryl methyl sites for hydroxylation is 2. The fourth-order valence-electron chi connectivity index (χ4n) is 4.95. The van der Waals surface area contributed by atoms with Crippen LogP contribution in [0.15, 0.2) is 71.1 Å². The molecule has 3 aromatic rings. The molecule has 0 saturated carbocycles. The first-order valence-electron chi connectivity index (χ1n) is 11.6. The van der Waals surface area contributed by atoms with Crippen molar-refractivity contribution in [2.75, 3.05) is 19.6 Å². The van der Waals surface area contributed by atoms with Crippen molar-refractivity contribution in [3.63, 3.8) is 0 Å². The number of hydrogen-bond acceptors (Lipinski definition) is 3. The van der Waals surface area contributed by atoms with Crippen molar-refractivity contribution in [3.8, 4) is 0 Å². The van der Waals surface area contributed by atoms with Crippen molar-refractivity contribution in [1.82, 2.24) is 9.80 Å². The Bertz CT molecular complexity index is 1040. The highest BCUT2D eigenvalue weighted by Crippen LogP contribution is 2.36. The molecule has 0 spiro atoms. The van der Waals surface area contributed by atoms with Crippen molar-refractivity contribution in [3.05, 3.63) is 94.9 Å². The quantitative estimate of drug-likeness (QED) is 0.485. The van der Waals surface area contributed by atoms with E-state index in [4.69, 9.17) is 4.42 Å². The van der Waals surface area contributed by atoms with E-state index in [9.17, 15) is 4.79 Å². The monoisotopic (exact) mass is 430 g/mol. The summed E-state index contributed by atoms with van der Waals surface area (Å²) in [6, 6.07) is 22.6.